The third-order valence-corrected chi connectivity index (χ3v) is 13.8. The molecule has 6 aliphatic rings. The summed E-state index contributed by atoms with van der Waals surface area (Å²) in [5.41, 5.74) is 1.32. The van der Waals surface area contributed by atoms with Gasteiger partial charge in [-0.3, -0.25) is 4.79 Å². The summed E-state index contributed by atoms with van der Waals surface area (Å²) in [5, 5.41) is 0. The molecule has 0 N–H and O–H groups in total. The molecule has 180 valence electrons. The van der Waals surface area contributed by atoms with Crippen LogP contribution in [0.3, 0.4) is 0 Å². The standard InChI is InChI=1S/C30H48O2/c1-17(2)18-11-13-27(5)15-16-28(6)19(22(18)27)9-10-21-29(28,7)14-12-20-26(3,4)24(31)23-25(32-23)30(20,21)8/h17-23,25H,9-16H2,1-8H3. The Morgan fingerprint density at radius 2 is 1.53 bits per heavy atom. The SMILES string of the molecule is CC(C)C1CCC2(C)CCC3(C)C(CCC4C5(C)C6OC6C(=O)C(C)(C)C5CCC43C)C12. The lowest BCUT2D eigenvalue weighted by molar-refractivity contribution is -0.233. The number of carbonyl (C=O) groups is 1. The van der Waals surface area contributed by atoms with E-state index in [2.05, 4.69) is 55.4 Å². The van der Waals surface area contributed by atoms with E-state index < -0.39 is 0 Å². The van der Waals surface area contributed by atoms with Crippen molar-refractivity contribution in [1.82, 2.24) is 0 Å². The molecule has 0 aromatic heterocycles. The Morgan fingerprint density at radius 3 is 2.22 bits per heavy atom. The summed E-state index contributed by atoms with van der Waals surface area (Å²) in [7, 11) is 0. The Morgan fingerprint density at radius 1 is 0.812 bits per heavy atom. The first-order valence-corrected chi connectivity index (χ1v) is 14.0. The van der Waals surface area contributed by atoms with E-state index in [0.29, 0.717) is 33.9 Å². The van der Waals surface area contributed by atoms with Gasteiger partial charge in [0.2, 0.25) is 0 Å². The van der Waals surface area contributed by atoms with Gasteiger partial charge in [-0.2, -0.15) is 0 Å². The quantitative estimate of drug-likeness (QED) is 0.400. The molecule has 6 rings (SSSR count). The molecule has 0 aromatic rings. The highest BCUT2D eigenvalue weighted by atomic mass is 16.6. The van der Waals surface area contributed by atoms with Gasteiger partial charge < -0.3 is 4.74 Å². The number of rotatable bonds is 1. The summed E-state index contributed by atoms with van der Waals surface area (Å²) < 4.78 is 6.25. The van der Waals surface area contributed by atoms with Crippen molar-refractivity contribution in [1.29, 1.82) is 0 Å². The van der Waals surface area contributed by atoms with E-state index in [1.165, 1.54) is 51.4 Å². The lowest BCUT2D eigenvalue weighted by Gasteiger charge is -2.72. The third kappa shape index (κ3) is 2.31. The van der Waals surface area contributed by atoms with E-state index >= 15 is 0 Å². The average Bonchev–Trinajstić information content (AvgIpc) is 3.44. The zero-order chi connectivity index (χ0) is 23.1. The summed E-state index contributed by atoms with van der Waals surface area (Å²) in [5.74, 6) is 5.10. The Kier molecular flexibility index (Phi) is 4.31. The van der Waals surface area contributed by atoms with Gasteiger partial charge >= 0.3 is 0 Å². The van der Waals surface area contributed by atoms with Crippen molar-refractivity contribution in [3.63, 3.8) is 0 Å². The maximum Gasteiger partial charge on any atom is 0.170 e. The van der Waals surface area contributed by atoms with Gasteiger partial charge in [0.25, 0.3) is 0 Å². The third-order valence-electron chi connectivity index (χ3n) is 13.8. The topological polar surface area (TPSA) is 29.6 Å². The molecular weight excluding hydrogens is 392 g/mol. The first-order chi connectivity index (χ1) is 14.8. The molecule has 6 fully saturated rings. The summed E-state index contributed by atoms with van der Waals surface area (Å²) in [6.07, 6.45) is 11.2. The van der Waals surface area contributed by atoms with Crippen LogP contribution in [0.2, 0.25) is 0 Å². The predicted octanol–water partition coefficient (Wildman–Crippen LogP) is 7.30. The Labute approximate surface area is 197 Å². The molecule has 2 nitrogen and oxygen atoms in total. The van der Waals surface area contributed by atoms with Crippen LogP contribution in [0.15, 0.2) is 0 Å². The fourth-order valence-corrected chi connectivity index (χ4v) is 11.9. The Balaban J connectivity index is 1.42. The van der Waals surface area contributed by atoms with Crippen LogP contribution in [0.1, 0.15) is 107 Å². The number of hydrogen-bond donors (Lipinski definition) is 0. The Hall–Kier alpha value is -0.370. The smallest absolute Gasteiger partial charge is 0.170 e. The second-order valence-corrected chi connectivity index (χ2v) is 15.2. The molecule has 11 unspecified atom stereocenters. The van der Waals surface area contributed by atoms with Crippen LogP contribution in [0.5, 0.6) is 0 Å². The first-order valence-electron chi connectivity index (χ1n) is 14.0. The molecule has 1 heterocycles. The van der Waals surface area contributed by atoms with Crippen molar-refractivity contribution in [2.75, 3.05) is 0 Å². The number of epoxide rings is 1. The van der Waals surface area contributed by atoms with Crippen molar-refractivity contribution in [3.8, 4) is 0 Å². The zero-order valence-electron chi connectivity index (χ0n) is 22.1. The minimum atomic E-state index is -0.231. The van der Waals surface area contributed by atoms with Crippen molar-refractivity contribution in [2.45, 2.75) is 119 Å². The highest BCUT2D eigenvalue weighted by Crippen LogP contribution is 2.78. The van der Waals surface area contributed by atoms with Gasteiger partial charge in [-0.05, 0) is 103 Å². The lowest BCUT2D eigenvalue weighted by Crippen LogP contribution is -2.68. The summed E-state index contributed by atoms with van der Waals surface area (Å²) >= 11 is 0. The molecule has 1 saturated heterocycles. The summed E-state index contributed by atoms with van der Waals surface area (Å²) in [6, 6.07) is 0. The van der Waals surface area contributed by atoms with E-state index in [-0.39, 0.29) is 23.0 Å². The van der Waals surface area contributed by atoms with Crippen LogP contribution in [-0.2, 0) is 9.53 Å². The normalized spacial score (nSPS) is 60.2. The van der Waals surface area contributed by atoms with Crippen molar-refractivity contribution < 1.29 is 9.53 Å². The molecule has 5 saturated carbocycles. The summed E-state index contributed by atoms with van der Waals surface area (Å²) in [6.45, 7) is 20.1. The van der Waals surface area contributed by atoms with Gasteiger partial charge in [0.1, 0.15) is 6.10 Å². The van der Waals surface area contributed by atoms with Crippen LogP contribution in [-0.4, -0.2) is 18.0 Å². The number of hydrogen-bond acceptors (Lipinski definition) is 2. The lowest BCUT2D eigenvalue weighted by atomic mass is 9.32. The highest BCUT2D eigenvalue weighted by Gasteiger charge is 2.77. The van der Waals surface area contributed by atoms with E-state index in [9.17, 15) is 4.79 Å². The average molecular weight is 441 g/mol. The minimum absolute atomic E-state index is 0.103. The van der Waals surface area contributed by atoms with Gasteiger partial charge in [-0.15, -0.1) is 0 Å². The van der Waals surface area contributed by atoms with Crippen LogP contribution < -0.4 is 0 Å². The Bertz CT molecular complexity index is 844. The van der Waals surface area contributed by atoms with E-state index in [1.807, 2.05) is 0 Å². The molecule has 2 heteroatoms. The van der Waals surface area contributed by atoms with E-state index in [0.717, 1.165) is 23.7 Å². The fraction of sp³-hybridized carbons (Fsp3) is 0.967. The van der Waals surface area contributed by atoms with E-state index in [4.69, 9.17) is 4.74 Å². The predicted molar refractivity (Wildman–Crippen MR) is 129 cm³/mol. The summed E-state index contributed by atoms with van der Waals surface area (Å²) in [4.78, 5) is 13.2. The van der Waals surface area contributed by atoms with Gasteiger partial charge in [-0.1, -0.05) is 55.4 Å². The number of carbonyl (C=O) groups excluding carboxylic acids is 1. The molecule has 0 amide bonds. The maximum absolute atomic E-state index is 13.2. The molecule has 32 heavy (non-hydrogen) atoms. The van der Waals surface area contributed by atoms with E-state index in [1.54, 1.807) is 0 Å². The van der Waals surface area contributed by atoms with Crippen molar-refractivity contribution in [2.24, 2.45) is 62.6 Å². The number of ketones is 1. The molecule has 5 aliphatic carbocycles. The first kappa shape index (κ1) is 22.1. The molecule has 0 aromatic carbocycles. The maximum atomic E-state index is 13.2. The van der Waals surface area contributed by atoms with Gasteiger partial charge in [0.05, 0.1) is 6.10 Å². The van der Waals surface area contributed by atoms with Gasteiger partial charge in [-0.25, -0.2) is 0 Å². The monoisotopic (exact) mass is 440 g/mol. The highest BCUT2D eigenvalue weighted by molar-refractivity contribution is 5.92. The van der Waals surface area contributed by atoms with Crippen LogP contribution >= 0.6 is 0 Å². The second-order valence-electron chi connectivity index (χ2n) is 15.2. The van der Waals surface area contributed by atoms with Crippen molar-refractivity contribution >= 4 is 5.78 Å². The fourth-order valence-electron chi connectivity index (χ4n) is 11.9. The van der Waals surface area contributed by atoms with Crippen LogP contribution in [0.4, 0.5) is 0 Å². The molecular formula is C30H48O2. The number of ether oxygens (including phenoxy) is 1. The van der Waals surface area contributed by atoms with Crippen LogP contribution in [0, 0.1) is 62.6 Å². The van der Waals surface area contributed by atoms with Crippen LogP contribution in [0.25, 0.3) is 0 Å². The zero-order valence-corrected chi connectivity index (χ0v) is 22.1. The minimum Gasteiger partial charge on any atom is -0.361 e. The molecule has 0 spiro atoms. The van der Waals surface area contributed by atoms with Gasteiger partial charge in [0.15, 0.2) is 5.78 Å². The molecule has 0 radical (unpaired) electrons. The largest absolute Gasteiger partial charge is 0.361 e. The number of Topliss-reactive ketones (excluding diaryl/α,β-unsaturated/α-hetero) is 1. The molecule has 11 atom stereocenters. The number of fused-ring (bicyclic) bond motifs is 9. The van der Waals surface area contributed by atoms with Crippen molar-refractivity contribution in [3.05, 3.63) is 0 Å². The van der Waals surface area contributed by atoms with Gasteiger partial charge in [0, 0.05) is 10.8 Å². The second kappa shape index (κ2) is 6.24. The molecule has 1 aliphatic heterocycles. The molecule has 0 bridgehead atoms.